The Morgan fingerprint density at radius 3 is 2.50 bits per heavy atom. The van der Waals surface area contributed by atoms with Crippen LogP contribution < -0.4 is 10.5 Å². The summed E-state index contributed by atoms with van der Waals surface area (Å²) in [5.74, 6) is -1.43. The van der Waals surface area contributed by atoms with E-state index in [1.807, 2.05) is 13.8 Å². The molecule has 0 saturated heterocycles. The number of nitrogens with two attached hydrogens (primary N) is 1. The summed E-state index contributed by atoms with van der Waals surface area (Å²) in [4.78, 5) is 17.3. The number of nitrogens with zero attached hydrogens (tertiary/aromatic N) is 1. The van der Waals surface area contributed by atoms with Crippen molar-refractivity contribution in [2.24, 2.45) is 0 Å². The normalized spacial score (nSPS) is 18.3. The average Bonchev–Trinajstić information content (AvgIpc) is 2.91. The number of aryl methyl sites for hydroxylation is 1. The summed E-state index contributed by atoms with van der Waals surface area (Å²) in [5, 5.41) is 11.0. The summed E-state index contributed by atoms with van der Waals surface area (Å²) in [5.41, 5.74) is 7.13. The van der Waals surface area contributed by atoms with Crippen LogP contribution in [0.4, 0.5) is 15.8 Å². The molecule has 2 heterocycles. The van der Waals surface area contributed by atoms with Crippen molar-refractivity contribution in [2.75, 3.05) is 10.5 Å². The Bertz CT molecular complexity index is 1490. The summed E-state index contributed by atoms with van der Waals surface area (Å²) >= 11 is 0. The lowest BCUT2D eigenvalue weighted by Crippen LogP contribution is -2.41. The van der Waals surface area contributed by atoms with Crippen molar-refractivity contribution >= 4 is 27.4 Å². The third kappa shape index (κ3) is 6.62. The van der Waals surface area contributed by atoms with Crippen molar-refractivity contribution in [2.45, 2.75) is 68.9 Å². The Morgan fingerprint density at radius 1 is 1.12 bits per heavy atom. The number of hydrogen-bond acceptors (Lipinski definition) is 7. The van der Waals surface area contributed by atoms with Crippen LogP contribution in [0.1, 0.15) is 63.0 Å². The smallest absolute Gasteiger partial charge is 0.338 e. The number of nitrogen functional groups attached to an aromatic ring is 1. The molecule has 2 aromatic carbocycles. The van der Waals surface area contributed by atoms with Crippen LogP contribution in [0, 0.1) is 5.82 Å². The highest BCUT2D eigenvalue weighted by molar-refractivity contribution is 7.92. The lowest BCUT2D eigenvalue weighted by Gasteiger charge is -2.38. The molecule has 3 aromatic rings. The van der Waals surface area contributed by atoms with E-state index in [0.717, 1.165) is 12.0 Å². The molecule has 0 bridgehead atoms. The van der Waals surface area contributed by atoms with Crippen LogP contribution in [0.25, 0.3) is 0 Å². The number of pyridine rings is 1. The molecule has 40 heavy (non-hydrogen) atoms. The number of cyclic esters (lactones) is 1. The highest BCUT2D eigenvalue weighted by Gasteiger charge is 2.43. The van der Waals surface area contributed by atoms with Crippen LogP contribution in [0.5, 0.6) is 0 Å². The van der Waals surface area contributed by atoms with E-state index in [4.69, 9.17) is 10.5 Å². The van der Waals surface area contributed by atoms with E-state index >= 15 is 0 Å². The second kappa shape index (κ2) is 12.1. The number of aliphatic hydroxyl groups is 1. The minimum atomic E-state index is -3.97. The Labute approximate surface area is 234 Å². The van der Waals surface area contributed by atoms with E-state index in [2.05, 4.69) is 9.71 Å². The SMILES string of the molecule is CCC[C@]1(CCc2ccc(F)cc2)CC(O)=C([C@H](CC)c2cccc(NS(=O)(=O)c3ccc(N)cn3)c2)C(=O)O1. The van der Waals surface area contributed by atoms with Gasteiger partial charge in [0.1, 0.15) is 17.2 Å². The molecule has 4 N–H and O–H groups in total. The van der Waals surface area contributed by atoms with Gasteiger partial charge in [-0.05, 0) is 73.2 Å². The fraction of sp³-hybridized carbons (Fsp3) is 0.333. The summed E-state index contributed by atoms with van der Waals surface area (Å²) in [6, 6.07) is 15.7. The Hall–Kier alpha value is -3.92. The number of halogens is 1. The average molecular weight is 568 g/mol. The van der Waals surface area contributed by atoms with Gasteiger partial charge in [0, 0.05) is 18.0 Å². The number of nitrogens with one attached hydrogen (secondary N) is 1. The number of rotatable bonds is 11. The van der Waals surface area contributed by atoms with Crippen LogP contribution >= 0.6 is 0 Å². The second-order valence-electron chi connectivity index (χ2n) is 10.1. The molecule has 0 fully saturated rings. The second-order valence-corrected chi connectivity index (χ2v) is 11.7. The van der Waals surface area contributed by atoms with E-state index in [-0.39, 0.29) is 28.6 Å². The molecule has 10 heteroatoms. The van der Waals surface area contributed by atoms with Crippen molar-refractivity contribution in [1.82, 2.24) is 4.98 Å². The maximum atomic E-state index is 13.4. The standard InChI is InChI=1S/C30H34FN3O5S/c1-3-15-30(16-14-20-8-10-22(31)11-9-20)18-26(35)28(29(36)39-30)25(4-2)21-6-5-7-24(17-21)34-40(37,38)27-13-12-23(32)19-33-27/h5-13,17,19,25,34-35H,3-4,14-16,18,32H2,1-2H3/t25-,30+/m1/s1. The zero-order valence-corrected chi connectivity index (χ0v) is 23.4. The zero-order chi connectivity index (χ0) is 28.9. The number of benzene rings is 2. The monoisotopic (exact) mass is 567 g/mol. The predicted octanol–water partition coefficient (Wildman–Crippen LogP) is 6.03. The van der Waals surface area contributed by atoms with E-state index in [0.29, 0.717) is 42.6 Å². The molecule has 8 nitrogen and oxygen atoms in total. The number of carbonyl (C=O) groups is 1. The van der Waals surface area contributed by atoms with E-state index in [1.165, 1.54) is 30.5 Å². The molecule has 0 radical (unpaired) electrons. The number of aromatic nitrogens is 1. The number of esters is 1. The van der Waals surface area contributed by atoms with Crippen LogP contribution in [0.15, 0.2) is 83.2 Å². The fourth-order valence-corrected chi connectivity index (χ4v) is 6.20. The molecule has 1 aliphatic rings. The van der Waals surface area contributed by atoms with Crippen LogP contribution in [0.2, 0.25) is 0 Å². The number of aliphatic hydroxyl groups excluding tert-OH is 1. The van der Waals surface area contributed by atoms with E-state index < -0.39 is 27.5 Å². The van der Waals surface area contributed by atoms with E-state index in [9.17, 15) is 22.7 Å². The largest absolute Gasteiger partial charge is 0.512 e. The first-order valence-electron chi connectivity index (χ1n) is 13.3. The molecule has 0 spiro atoms. The summed E-state index contributed by atoms with van der Waals surface area (Å²) in [7, 11) is -3.97. The number of sulfonamides is 1. The molecule has 212 valence electrons. The van der Waals surface area contributed by atoms with Gasteiger partial charge in [-0.3, -0.25) is 4.72 Å². The number of carbonyl (C=O) groups excluding carboxylic acids is 1. The van der Waals surface area contributed by atoms with Crippen molar-refractivity contribution in [3.8, 4) is 0 Å². The molecule has 1 aromatic heterocycles. The van der Waals surface area contributed by atoms with Crippen molar-refractivity contribution < 1.29 is 27.4 Å². The van der Waals surface area contributed by atoms with Crippen molar-refractivity contribution in [1.29, 1.82) is 0 Å². The quantitative estimate of drug-likeness (QED) is 0.241. The van der Waals surface area contributed by atoms with Crippen LogP contribution in [0.3, 0.4) is 0 Å². The van der Waals surface area contributed by atoms with Crippen molar-refractivity contribution in [3.05, 3.63) is 95.1 Å². The van der Waals surface area contributed by atoms with Gasteiger partial charge in [0.2, 0.25) is 0 Å². The molecular weight excluding hydrogens is 533 g/mol. The Balaban J connectivity index is 1.58. The lowest BCUT2D eigenvalue weighted by molar-refractivity contribution is -0.161. The maximum absolute atomic E-state index is 13.4. The van der Waals surface area contributed by atoms with Crippen LogP contribution in [-0.2, 0) is 26.0 Å². The zero-order valence-electron chi connectivity index (χ0n) is 22.6. The highest BCUT2D eigenvalue weighted by atomic mass is 32.2. The topological polar surface area (TPSA) is 132 Å². The molecule has 0 amide bonds. The van der Waals surface area contributed by atoms with Crippen molar-refractivity contribution in [3.63, 3.8) is 0 Å². The summed E-state index contributed by atoms with van der Waals surface area (Å²) in [6.45, 7) is 3.88. The number of anilines is 2. The molecule has 0 aliphatic carbocycles. The highest BCUT2D eigenvalue weighted by Crippen LogP contribution is 2.42. The first kappa shape index (κ1) is 29.1. The first-order chi connectivity index (χ1) is 19.1. The van der Waals surface area contributed by atoms with Gasteiger partial charge in [0.05, 0.1) is 17.5 Å². The van der Waals surface area contributed by atoms with Gasteiger partial charge in [-0.1, -0.05) is 44.5 Å². The first-order valence-corrected chi connectivity index (χ1v) is 14.8. The van der Waals surface area contributed by atoms with Gasteiger partial charge < -0.3 is 15.6 Å². The molecule has 2 atom stereocenters. The van der Waals surface area contributed by atoms with Crippen LogP contribution in [-0.4, -0.2) is 30.1 Å². The third-order valence-electron chi connectivity index (χ3n) is 7.15. The van der Waals surface area contributed by atoms with Gasteiger partial charge in [-0.2, -0.15) is 8.42 Å². The summed E-state index contributed by atoms with van der Waals surface area (Å²) in [6.07, 6.45) is 4.29. The van der Waals surface area contributed by atoms with Gasteiger partial charge in [-0.25, -0.2) is 14.2 Å². The Kier molecular flexibility index (Phi) is 8.78. The molecular formula is C30H34FN3O5S. The van der Waals surface area contributed by atoms with Gasteiger partial charge in [0.25, 0.3) is 10.0 Å². The molecule has 0 unspecified atom stereocenters. The summed E-state index contributed by atoms with van der Waals surface area (Å²) < 4.78 is 47.6. The maximum Gasteiger partial charge on any atom is 0.338 e. The molecule has 1 aliphatic heterocycles. The van der Waals surface area contributed by atoms with Gasteiger partial charge >= 0.3 is 5.97 Å². The van der Waals surface area contributed by atoms with Gasteiger partial charge in [-0.15, -0.1) is 0 Å². The van der Waals surface area contributed by atoms with Gasteiger partial charge in [0.15, 0.2) is 5.03 Å². The van der Waals surface area contributed by atoms with E-state index in [1.54, 1.807) is 36.4 Å². The third-order valence-corrected chi connectivity index (χ3v) is 8.45. The lowest BCUT2D eigenvalue weighted by atomic mass is 9.80. The predicted molar refractivity (Wildman–Crippen MR) is 152 cm³/mol. The molecule has 0 saturated carbocycles. The Morgan fingerprint density at radius 2 is 1.88 bits per heavy atom. The minimum absolute atomic E-state index is 0.0206. The molecule has 4 rings (SSSR count). The minimum Gasteiger partial charge on any atom is -0.512 e. The fourth-order valence-electron chi connectivity index (χ4n) is 5.22. The number of hydrogen-bond donors (Lipinski definition) is 3. The number of ether oxygens (including phenoxy) is 1.